The summed E-state index contributed by atoms with van der Waals surface area (Å²) in [5, 5.41) is 20.0. The molecule has 0 aliphatic rings. The van der Waals surface area contributed by atoms with Crippen LogP contribution in [0.25, 0.3) is 0 Å². The minimum absolute atomic E-state index is 0.0639. The monoisotopic (exact) mass is 315 g/mol. The molecule has 110 valence electrons. The van der Waals surface area contributed by atoms with Gasteiger partial charge in [-0.05, 0) is 18.2 Å². The fraction of sp³-hybridized carbons (Fsp3) is 0.0769. The third-order valence-electron chi connectivity index (χ3n) is 2.61. The second-order valence-electron chi connectivity index (χ2n) is 4.00. The first-order valence-corrected chi connectivity index (χ1v) is 6.00. The maximum Gasteiger partial charge on any atom is 0.307 e. The molecular weight excluding hydrogens is 308 g/mol. The van der Waals surface area contributed by atoms with E-state index in [4.69, 9.17) is 21.4 Å². The van der Waals surface area contributed by atoms with Crippen LogP contribution in [-0.4, -0.2) is 10.0 Å². The van der Waals surface area contributed by atoms with Crippen molar-refractivity contribution in [2.45, 2.75) is 6.61 Å². The molecule has 21 heavy (non-hydrogen) atoms. The Kier molecular flexibility index (Phi) is 4.35. The fourth-order valence-corrected chi connectivity index (χ4v) is 1.82. The van der Waals surface area contributed by atoms with Gasteiger partial charge in [0.25, 0.3) is 0 Å². The topological polar surface area (TPSA) is 72.6 Å². The first kappa shape index (κ1) is 15.1. The first-order chi connectivity index (χ1) is 9.92. The summed E-state index contributed by atoms with van der Waals surface area (Å²) in [6.45, 7) is -0.424. The van der Waals surface area contributed by atoms with Crippen LogP contribution in [-0.2, 0) is 6.61 Å². The zero-order valence-electron chi connectivity index (χ0n) is 10.3. The van der Waals surface area contributed by atoms with E-state index >= 15 is 0 Å². The van der Waals surface area contributed by atoms with Gasteiger partial charge in [-0.15, -0.1) is 0 Å². The third-order valence-corrected chi connectivity index (χ3v) is 2.85. The number of hydrogen-bond donors (Lipinski definition) is 1. The molecule has 0 spiro atoms. The summed E-state index contributed by atoms with van der Waals surface area (Å²) in [4.78, 5) is 9.45. The molecule has 2 rings (SSSR count). The molecule has 2 aromatic carbocycles. The highest BCUT2D eigenvalue weighted by Crippen LogP contribution is 2.32. The highest BCUT2D eigenvalue weighted by molar-refractivity contribution is 6.30. The molecule has 8 heteroatoms. The second kappa shape index (κ2) is 6.02. The van der Waals surface area contributed by atoms with Crippen molar-refractivity contribution in [2.75, 3.05) is 0 Å². The lowest BCUT2D eigenvalue weighted by Crippen LogP contribution is -1.98. The van der Waals surface area contributed by atoms with Crippen LogP contribution in [0.1, 0.15) is 5.56 Å². The summed E-state index contributed by atoms with van der Waals surface area (Å²) < 4.78 is 32.3. The lowest BCUT2D eigenvalue weighted by atomic mass is 10.2. The molecule has 1 N–H and O–H groups in total. The van der Waals surface area contributed by atoms with E-state index in [1.165, 1.54) is 18.2 Å². The molecule has 0 atom stereocenters. The number of rotatable bonds is 4. The Morgan fingerprint density at radius 3 is 2.52 bits per heavy atom. The zero-order chi connectivity index (χ0) is 15.6. The van der Waals surface area contributed by atoms with Gasteiger partial charge in [-0.3, -0.25) is 10.1 Å². The van der Waals surface area contributed by atoms with Crippen molar-refractivity contribution in [2.24, 2.45) is 0 Å². The van der Waals surface area contributed by atoms with E-state index in [0.717, 1.165) is 0 Å². The number of nitrogens with zero attached hydrogens (tertiary/aromatic N) is 1. The van der Waals surface area contributed by atoms with Gasteiger partial charge < -0.3 is 9.84 Å². The van der Waals surface area contributed by atoms with E-state index in [2.05, 4.69) is 0 Å². The quantitative estimate of drug-likeness (QED) is 0.688. The summed E-state index contributed by atoms with van der Waals surface area (Å²) in [7, 11) is 0. The molecule has 2 aromatic rings. The summed E-state index contributed by atoms with van der Waals surface area (Å²) in [5.74, 6) is -2.79. The van der Waals surface area contributed by atoms with Crippen LogP contribution in [0.5, 0.6) is 11.5 Å². The lowest BCUT2D eigenvalue weighted by Gasteiger charge is -2.11. The minimum atomic E-state index is -1.23. The molecule has 5 nitrogen and oxygen atoms in total. The Balaban J connectivity index is 2.41. The Morgan fingerprint density at radius 2 is 1.90 bits per heavy atom. The van der Waals surface area contributed by atoms with Crippen molar-refractivity contribution in [3.05, 3.63) is 62.7 Å². The molecule has 0 fully saturated rings. The third kappa shape index (κ3) is 3.26. The number of hydrogen-bond acceptors (Lipinski definition) is 4. The van der Waals surface area contributed by atoms with Gasteiger partial charge in [0.05, 0.1) is 17.6 Å². The minimum Gasteiger partial charge on any atom is -0.454 e. The van der Waals surface area contributed by atoms with Crippen LogP contribution in [0.15, 0.2) is 30.3 Å². The largest absolute Gasteiger partial charge is 0.454 e. The van der Waals surface area contributed by atoms with Gasteiger partial charge in [-0.1, -0.05) is 11.6 Å². The van der Waals surface area contributed by atoms with Crippen LogP contribution in [0.3, 0.4) is 0 Å². The molecule has 0 aromatic heterocycles. The smallest absolute Gasteiger partial charge is 0.307 e. The number of nitro benzene ring substituents is 1. The molecule has 0 heterocycles. The van der Waals surface area contributed by atoms with Crippen LogP contribution >= 0.6 is 11.6 Å². The number of aliphatic hydroxyl groups is 1. The summed E-state index contributed by atoms with van der Waals surface area (Å²) in [6.07, 6.45) is 0. The van der Waals surface area contributed by atoms with Crippen molar-refractivity contribution in [3.63, 3.8) is 0 Å². The fourth-order valence-electron chi connectivity index (χ4n) is 1.63. The molecule has 0 radical (unpaired) electrons. The Hall–Kier alpha value is -2.25. The van der Waals surface area contributed by atoms with E-state index < -0.39 is 34.6 Å². The van der Waals surface area contributed by atoms with Crippen molar-refractivity contribution in [1.82, 2.24) is 0 Å². The van der Waals surface area contributed by atoms with Gasteiger partial charge >= 0.3 is 5.69 Å². The van der Waals surface area contributed by atoms with Gasteiger partial charge in [-0.25, -0.2) is 4.39 Å². The number of aliphatic hydroxyl groups excluding tert-OH is 1. The molecule has 0 amide bonds. The van der Waals surface area contributed by atoms with Gasteiger partial charge in [0.15, 0.2) is 11.6 Å². The Bertz CT molecular complexity index is 709. The van der Waals surface area contributed by atoms with Crippen molar-refractivity contribution < 1.29 is 23.5 Å². The Morgan fingerprint density at radius 1 is 1.19 bits per heavy atom. The zero-order valence-corrected chi connectivity index (χ0v) is 11.1. The predicted molar refractivity (Wildman–Crippen MR) is 70.5 cm³/mol. The van der Waals surface area contributed by atoms with E-state index in [1.807, 2.05) is 0 Å². The predicted octanol–water partition coefficient (Wildman–Crippen LogP) is 3.81. The molecule has 0 bridgehead atoms. The van der Waals surface area contributed by atoms with Crippen molar-refractivity contribution >= 4 is 17.3 Å². The van der Waals surface area contributed by atoms with Crippen molar-refractivity contribution in [3.8, 4) is 11.5 Å². The maximum atomic E-state index is 13.7. The highest BCUT2D eigenvalue weighted by atomic mass is 35.5. The van der Waals surface area contributed by atoms with E-state index in [1.54, 1.807) is 0 Å². The van der Waals surface area contributed by atoms with Gasteiger partial charge in [0.2, 0.25) is 5.82 Å². The number of ether oxygens (including phenoxy) is 1. The molecule has 0 aliphatic heterocycles. The van der Waals surface area contributed by atoms with Crippen LogP contribution in [0.2, 0.25) is 5.02 Å². The van der Waals surface area contributed by atoms with Gasteiger partial charge in [0, 0.05) is 16.7 Å². The summed E-state index contributed by atoms with van der Waals surface area (Å²) >= 11 is 5.73. The lowest BCUT2D eigenvalue weighted by molar-refractivity contribution is -0.387. The molecule has 0 saturated heterocycles. The average Bonchev–Trinajstić information content (AvgIpc) is 2.43. The molecule has 0 saturated carbocycles. The van der Waals surface area contributed by atoms with Crippen LogP contribution in [0, 0.1) is 21.7 Å². The molecular formula is C13H8ClF2NO4. The SMILES string of the molecule is O=[N+]([O-])c1cc(F)c(Oc2ccc(Cl)cc2CO)cc1F. The van der Waals surface area contributed by atoms with Gasteiger partial charge in [-0.2, -0.15) is 4.39 Å². The van der Waals surface area contributed by atoms with Crippen molar-refractivity contribution in [1.29, 1.82) is 0 Å². The van der Waals surface area contributed by atoms with E-state index in [0.29, 0.717) is 17.2 Å². The number of nitro groups is 1. The number of halogens is 3. The van der Waals surface area contributed by atoms with E-state index in [-0.39, 0.29) is 11.3 Å². The average molecular weight is 316 g/mol. The normalized spacial score (nSPS) is 10.5. The summed E-state index contributed by atoms with van der Waals surface area (Å²) in [6, 6.07) is 5.21. The van der Waals surface area contributed by atoms with Crippen LogP contribution in [0.4, 0.5) is 14.5 Å². The first-order valence-electron chi connectivity index (χ1n) is 5.63. The highest BCUT2D eigenvalue weighted by Gasteiger charge is 2.20. The van der Waals surface area contributed by atoms with Crippen LogP contribution < -0.4 is 4.74 Å². The maximum absolute atomic E-state index is 13.7. The molecule has 0 aliphatic carbocycles. The number of benzene rings is 2. The second-order valence-corrected chi connectivity index (χ2v) is 4.44. The summed E-state index contributed by atoms with van der Waals surface area (Å²) in [5.41, 5.74) is -0.723. The standard InChI is InChI=1S/C13H8ClF2NO4/c14-8-1-2-12(7(3-8)6-18)21-13-5-9(15)11(17(19)20)4-10(13)16/h1-5,18H,6H2. The van der Waals surface area contributed by atoms with Gasteiger partial charge in [0.1, 0.15) is 5.75 Å². The Labute approximate surface area is 122 Å². The molecule has 0 unspecified atom stereocenters. The van der Waals surface area contributed by atoms with E-state index in [9.17, 15) is 18.9 Å².